The molecule has 0 aromatic rings. The predicted molar refractivity (Wildman–Crippen MR) is 7.01 cm³/mol. The van der Waals surface area contributed by atoms with Crippen LogP contribution in [0.2, 0.25) is 0 Å². The molecule has 0 radical (unpaired) electrons. The van der Waals surface area contributed by atoms with Gasteiger partial charge in [-0.1, -0.05) is 0 Å². The molecule has 1 nitrogen and oxygen atoms in total. The molecule has 0 aliphatic heterocycles. The van der Waals surface area contributed by atoms with Gasteiger partial charge in [-0.3, -0.25) is 0 Å². The maximum absolute atomic E-state index is 4.00. The van der Waals surface area contributed by atoms with Crippen molar-refractivity contribution in [3.8, 4) is 0 Å². The van der Waals surface area contributed by atoms with Gasteiger partial charge in [0.1, 0.15) is 0 Å². The molecule has 0 saturated carbocycles. The molecule has 0 heterocycles. The summed E-state index contributed by atoms with van der Waals surface area (Å²) in [6.07, 6.45) is 0. The molecule has 0 aromatic carbocycles. The summed E-state index contributed by atoms with van der Waals surface area (Å²) < 4.78 is 4.00. The summed E-state index contributed by atoms with van der Waals surface area (Å²) in [5.41, 5.74) is 0. The van der Waals surface area contributed by atoms with Crippen LogP contribution in [0.1, 0.15) is 0 Å². The molecule has 0 aromatic heterocycles. The van der Waals surface area contributed by atoms with Gasteiger partial charge in [0.15, 0.2) is 0 Å². The van der Waals surface area contributed by atoms with E-state index in [1.165, 1.54) is 7.11 Å². The van der Waals surface area contributed by atoms with Crippen molar-refractivity contribution in [1.29, 1.82) is 0 Å². The van der Waals surface area contributed by atoms with Crippen molar-refractivity contribution in [1.82, 2.24) is 0 Å². The van der Waals surface area contributed by atoms with Crippen LogP contribution in [-0.2, 0) is 20.2 Å². The van der Waals surface area contributed by atoms with Gasteiger partial charge in [-0.15, -0.1) is 0 Å². The van der Waals surface area contributed by atoms with E-state index in [1.54, 1.807) is 0 Å². The molecule has 0 atom stereocenters. The van der Waals surface area contributed by atoms with Gasteiger partial charge in [0.25, 0.3) is 0 Å². The number of rotatable bonds is 0. The Bertz CT molecular complexity index is 9.61. The molecule has 35 valence electrons. The predicted octanol–water partition coefficient (Wildman–Crippen LogP) is -5.90. The molecule has 0 bridgehead atoms. The van der Waals surface area contributed by atoms with Gasteiger partial charge < -0.3 is 24.8 Å². The van der Waals surface area contributed by atoms with Crippen LogP contribution in [0.4, 0.5) is 0 Å². The van der Waals surface area contributed by atoms with E-state index in [0.29, 0.717) is 0 Å². The summed E-state index contributed by atoms with van der Waals surface area (Å²) in [5, 5.41) is 0. The Morgan fingerprint density at radius 1 is 1.40 bits per heavy atom. The minimum absolute atomic E-state index is 0. The van der Waals surface area contributed by atoms with Gasteiger partial charge in [0.2, 0.25) is 0 Å². The monoisotopic (exact) mass is 157 g/mol. The molecule has 0 fully saturated rings. The first-order valence-electron chi connectivity index (χ1n) is 0.553. The van der Waals surface area contributed by atoms with E-state index in [4.69, 9.17) is 0 Å². The summed E-state index contributed by atoms with van der Waals surface area (Å²) in [4.78, 5) is 0. The largest absolute Gasteiger partial charge is 1.00 e. The summed E-state index contributed by atoms with van der Waals surface area (Å²) >= 11 is 2.99. The molecule has 4 heteroatoms. The molecule has 0 unspecified atom stereocenters. The maximum Gasteiger partial charge on any atom is -1.00 e. The molecular weight excluding hydrogens is 155 g/mol. The second-order valence-electron chi connectivity index (χ2n) is 0.144. The Balaban J connectivity index is -0.0000000200. The van der Waals surface area contributed by atoms with Crippen molar-refractivity contribution in [2.75, 3.05) is 7.11 Å². The van der Waals surface area contributed by atoms with E-state index in [2.05, 4.69) is 20.2 Å². The summed E-state index contributed by atoms with van der Waals surface area (Å²) in [5.74, 6) is 0. The number of hydrogen-bond donors (Lipinski definition) is 0. The van der Waals surface area contributed by atoms with E-state index in [0.717, 1.165) is 0 Å². The second-order valence-corrected chi connectivity index (χ2v) is 0.595. The average molecular weight is 158 g/mol. The van der Waals surface area contributed by atoms with E-state index in [1.807, 2.05) is 0 Å². The molecular formula is CH3Cl2FeO. The molecule has 0 N–H and O–H groups in total. The zero-order valence-corrected chi connectivity index (χ0v) is 5.13. The standard InChI is InChI=1S/CH3O.2ClH.Fe/c1-2;;;/h1H3;2*1H;/q-1;;;+3/p-2. The normalized spacial score (nSPS) is 3.40. The first kappa shape index (κ1) is 16.6. The minimum Gasteiger partial charge on any atom is -1.00 e. The molecule has 0 aliphatic carbocycles. The Hall–Kier alpha value is 1.06. The quantitative estimate of drug-likeness (QED) is 0.319. The van der Waals surface area contributed by atoms with Gasteiger partial charge in [-0.25, -0.2) is 0 Å². The van der Waals surface area contributed by atoms with Gasteiger partial charge in [0.05, 0.1) is 0 Å². The first-order valence-corrected chi connectivity index (χ1v) is 1.00. The molecule has 0 amide bonds. The summed E-state index contributed by atoms with van der Waals surface area (Å²) in [7, 11) is 1.51. The first-order chi connectivity index (χ1) is 1.41. The summed E-state index contributed by atoms with van der Waals surface area (Å²) in [6, 6.07) is 0. The van der Waals surface area contributed by atoms with Crippen LogP contribution in [0.15, 0.2) is 0 Å². The van der Waals surface area contributed by atoms with E-state index < -0.39 is 0 Å². The molecule has 0 saturated heterocycles. The van der Waals surface area contributed by atoms with Crippen LogP contribution in [0.25, 0.3) is 0 Å². The SMILES string of the molecule is C[O][Fe+2].[Cl-].[Cl-]. The minimum atomic E-state index is 0. The molecule has 0 rings (SSSR count). The Labute approximate surface area is 52.4 Å². The molecule has 5 heavy (non-hydrogen) atoms. The third kappa shape index (κ3) is 42.2. The van der Waals surface area contributed by atoms with E-state index in [9.17, 15) is 0 Å². The zero-order chi connectivity index (χ0) is 2.71. The second kappa shape index (κ2) is 19.7. The Morgan fingerprint density at radius 3 is 1.40 bits per heavy atom. The van der Waals surface area contributed by atoms with Crippen LogP contribution in [0.5, 0.6) is 0 Å². The van der Waals surface area contributed by atoms with Crippen molar-refractivity contribution in [2.45, 2.75) is 0 Å². The fourth-order valence-corrected chi connectivity index (χ4v) is 0. The molecule has 0 aliphatic rings. The van der Waals surface area contributed by atoms with Gasteiger partial charge in [0, 0.05) is 0 Å². The fraction of sp³-hybridized carbons (Fsp3) is 1.00. The van der Waals surface area contributed by atoms with Crippen LogP contribution in [0.3, 0.4) is 0 Å². The zero-order valence-electron chi connectivity index (χ0n) is 2.52. The fourth-order valence-electron chi connectivity index (χ4n) is 0. The van der Waals surface area contributed by atoms with E-state index in [-0.39, 0.29) is 24.8 Å². The van der Waals surface area contributed by atoms with Crippen LogP contribution < -0.4 is 24.8 Å². The van der Waals surface area contributed by atoms with Crippen LogP contribution in [0, 0.1) is 0 Å². The molecule has 0 spiro atoms. The van der Waals surface area contributed by atoms with Crippen molar-refractivity contribution >= 4 is 0 Å². The smallest absolute Gasteiger partial charge is 1.00 e. The van der Waals surface area contributed by atoms with Crippen LogP contribution >= 0.6 is 0 Å². The van der Waals surface area contributed by atoms with Gasteiger partial charge in [-0.05, 0) is 0 Å². The maximum atomic E-state index is 4.00. The third-order valence-corrected chi connectivity index (χ3v) is 0. The van der Waals surface area contributed by atoms with Crippen molar-refractivity contribution in [2.24, 2.45) is 0 Å². The van der Waals surface area contributed by atoms with Crippen molar-refractivity contribution in [3.63, 3.8) is 0 Å². The van der Waals surface area contributed by atoms with Gasteiger partial charge in [-0.2, -0.15) is 0 Å². The number of hydrogen-bond acceptors (Lipinski definition) is 1. The van der Waals surface area contributed by atoms with Crippen molar-refractivity contribution < 1.29 is 45.0 Å². The summed E-state index contributed by atoms with van der Waals surface area (Å²) in [6.45, 7) is 0. The average Bonchev–Trinajstić information content (AvgIpc) is 0.918. The van der Waals surface area contributed by atoms with Gasteiger partial charge >= 0.3 is 27.3 Å². The van der Waals surface area contributed by atoms with Crippen LogP contribution in [-0.4, -0.2) is 7.11 Å². The topological polar surface area (TPSA) is 9.23 Å². The Morgan fingerprint density at radius 2 is 1.40 bits per heavy atom. The number of halogens is 2. The van der Waals surface area contributed by atoms with E-state index >= 15 is 0 Å². The third-order valence-electron chi connectivity index (χ3n) is 0. The Kier molecular flexibility index (Phi) is 65.1. The van der Waals surface area contributed by atoms with Crippen molar-refractivity contribution in [3.05, 3.63) is 0 Å².